The van der Waals surface area contributed by atoms with Crippen molar-refractivity contribution < 1.29 is 14.3 Å². The molecule has 6 heteroatoms. The molecule has 1 aliphatic carbocycles. The highest BCUT2D eigenvalue weighted by Crippen LogP contribution is 2.28. The van der Waals surface area contributed by atoms with Gasteiger partial charge in [0.25, 0.3) is 0 Å². The van der Waals surface area contributed by atoms with E-state index in [0.29, 0.717) is 38.6 Å². The molecule has 1 fully saturated rings. The van der Waals surface area contributed by atoms with Crippen LogP contribution in [0.5, 0.6) is 0 Å². The molecule has 2 amide bonds. The number of amides is 2. The molecule has 0 saturated heterocycles. The van der Waals surface area contributed by atoms with Crippen molar-refractivity contribution in [3.05, 3.63) is 58.3 Å². The lowest BCUT2D eigenvalue weighted by Gasteiger charge is -2.28. The quantitative estimate of drug-likeness (QED) is 0.394. The highest BCUT2D eigenvalue weighted by molar-refractivity contribution is 7.09. The summed E-state index contributed by atoms with van der Waals surface area (Å²) >= 11 is 1.65. The molecule has 0 radical (unpaired) electrons. The number of nitrogens with zero attached hydrogens (tertiary/aromatic N) is 2. The van der Waals surface area contributed by atoms with Crippen LogP contribution < -0.4 is 0 Å². The molecular weight excluding hydrogens is 420 g/mol. The van der Waals surface area contributed by atoms with Gasteiger partial charge in [-0.2, -0.15) is 0 Å². The van der Waals surface area contributed by atoms with Crippen LogP contribution in [0.1, 0.15) is 55.4 Å². The van der Waals surface area contributed by atoms with E-state index in [0.717, 1.165) is 23.3 Å². The fraction of sp³-hybridized carbons (Fsp3) is 0.538. The van der Waals surface area contributed by atoms with Gasteiger partial charge in [0.2, 0.25) is 11.8 Å². The lowest BCUT2D eigenvalue weighted by atomic mass is 10.0. The number of rotatable bonds is 13. The van der Waals surface area contributed by atoms with Crippen molar-refractivity contribution in [1.82, 2.24) is 9.80 Å². The molecule has 5 nitrogen and oxygen atoms in total. The number of thiophene rings is 1. The van der Waals surface area contributed by atoms with Crippen LogP contribution in [0.4, 0.5) is 0 Å². The van der Waals surface area contributed by atoms with Gasteiger partial charge in [0.15, 0.2) is 0 Å². The third-order valence-electron chi connectivity index (χ3n) is 6.19. The number of ether oxygens (including phenoxy) is 1. The fourth-order valence-corrected chi connectivity index (χ4v) is 5.09. The van der Waals surface area contributed by atoms with Crippen molar-refractivity contribution in [3.63, 3.8) is 0 Å². The second kappa shape index (κ2) is 13.4. The molecule has 1 aliphatic rings. The Kier molecular flexibility index (Phi) is 10.2. The van der Waals surface area contributed by atoms with Gasteiger partial charge in [-0.05, 0) is 35.8 Å². The minimum absolute atomic E-state index is 0.00566. The molecule has 0 N–H and O–H groups in total. The van der Waals surface area contributed by atoms with Gasteiger partial charge in [-0.25, -0.2) is 0 Å². The standard InChI is InChI=1S/C26H36N2O3S/c1-31-17-8-16-27(25(29)15-14-22-9-5-6-10-22)21-26(30)28(20-24-13-7-18-32-24)19-23-11-3-2-4-12-23/h2-4,7,11-13,18,22H,5-6,8-10,14-17,19-21H2,1H3. The van der Waals surface area contributed by atoms with Gasteiger partial charge >= 0.3 is 0 Å². The van der Waals surface area contributed by atoms with Crippen LogP contribution in [0, 0.1) is 5.92 Å². The summed E-state index contributed by atoms with van der Waals surface area (Å²) in [6.45, 7) is 2.38. The lowest BCUT2D eigenvalue weighted by Crippen LogP contribution is -2.43. The summed E-state index contributed by atoms with van der Waals surface area (Å²) in [5.74, 6) is 0.759. The highest BCUT2D eigenvalue weighted by atomic mass is 32.1. The molecule has 174 valence electrons. The zero-order chi connectivity index (χ0) is 22.6. The maximum Gasteiger partial charge on any atom is 0.242 e. The average Bonchev–Trinajstić information content (AvgIpc) is 3.51. The van der Waals surface area contributed by atoms with E-state index in [9.17, 15) is 9.59 Å². The van der Waals surface area contributed by atoms with Gasteiger partial charge in [-0.15, -0.1) is 11.3 Å². The molecule has 1 saturated carbocycles. The Bertz CT molecular complexity index is 804. The molecule has 0 unspecified atom stereocenters. The Morgan fingerprint density at radius 3 is 2.47 bits per heavy atom. The van der Waals surface area contributed by atoms with Gasteiger partial charge in [0.05, 0.1) is 13.1 Å². The third-order valence-corrected chi connectivity index (χ3v) is 7.05. The summed E-state index contributed by atoms with van der Waals surface area (Å²) in [4.78, 5) is 31.2. The van der Waals surface area contributed by atoms with E-state index in [1.165, 1.54) is 25.7 Å². The Balaban J connectivity index is 1.65. The molecule has 32 heavy (non-hydrogen) atoms. The topological polar surface area (TPSA) is 49.9 Å². The molecular formula is C26H36N2O3S. The van der Waals surface area contributed by atoms with Crippen molar-refractivity contribution in [2.45, 2.75) is 58.0 Å². The summed E-state index contributed by atoms with van der Waals surface area (Å²) in [5.41, 5.74) is 1.09. The first-order valence-corrected chi connectivity index (χ1v) is 12.6. The van der Waals surface area contributed by atoms with Gasteiger partial charge < -0.3 is 14.5 Å². The molecule has 0 bridgehead atoms. The van der Waals surface area contributed by atoms with Crippen molar-refractivity contribution in [2.75, 3.05) is 26.8 Å². The monoisotopic (exact) mass is 456 g/mol. The van der Waals surface area contributed by atoms with E-state index in [-0.39, 0.29) is 18.4 Å². The maximum atomic E-state index is 13.4. The minimum atomic E-state index is -0.00566. The molecule has 0 atom stereocenters. The second-order valence-electron chi connectivity index (χ2n) is 8.67. The number of hydrogen-bond acceptors (Lipinski definition) is 4. The molecule has 1 aromatic carbocycles. The SMILES string of the molecule is COCCCN(CC(=O)N(Cc1ccccc1)Cc1cccs1)C(=O)CCC1CCCC1. The predicted octanol–water partition coefficient (Wildman–Crippen LogP) is 5.11. The summed E-state index contributed by atoms with van der Waals surface area (Å²) in [6.07, 6.45) is 7.26. The van der Waals surface area contributed by atoms with Crippen molar-refractivity contribution in [3.8, 4) is 0 Å². The van der Waals surface area contributed by atoms with Gasteiger partial charge in [0, 0.05) is 38.1 Å². The minimum Gasteiger partial charge on any atom is -0.385 e. The van der Waals surface area contributed by atoms with E-state index in [4.69, 9.17) is 4.74 Å². The van der Waals surface area contributed by atoms with Crippen LogP contribution in [-0.2, 0) is 27.4 Å². The number of carbonyl (C=O) groups excluding carboxylic acids is 2. The summed E-state index contributed by atoms with van der Waals surface area (Å²) in [5, 5.41) is 2.03. The molecule has 3 rings (SSSR count). The van der Waals surface area contributed by atoms with Crippen molar-refractivity contribution in [2.24, 2.45) is 5.92 Å². The molecule has 2 aromatic rings. The Morgan fingerprint density at radius 1 is 1.00 bits per heavy atom. The van der Waals surface area contributed by atoms with E-state index >= 15 is 0 Å². The maximum absolute atomic E-state index is 13.4. The van der Waals surface area contributed by atoms with E-state index in [1.54, 1.807) is 23.3 Å². The summed E-state index contributed by atoms with van der Waals surface area (Å²) < 4.78 is 5.18. The van der Waals surface area contributed by atoms with E-state index in [1.807, 2.05) is 46.7 Å². The summed E-state index contributed by atoms with van der Waals surface area (Å²) in [6, 6.07) is 14.1. The van der Waals surface area contributed by atoms with Gasteiger partial charge in [0.1, 0.15) is 0 Å². The number of hydrogen-bond donors (Lipinski definition) is 0. The Hall–Kier alpha value is -2.18. The average molecular weight is 457 g/mol. The molecule has 0 aliphatic heterocycles. The first-order valence-electron chi connectivity index (χ1n) is 11.8. The lowest BCUT2D eigenvalue weighted by molar-refractivity contribution is -0.141. The van der Waals surface area contributed by atoms with E-state index < -0.39 is 0 Å². The zero-order valence-electron chi connectivity index (χ0n) is 19.2. The van der Waals surface area contributed by atoms with Crippen LogP contribution in [0.25, 0.3) is 0 Å². The highest BCUT2D eigenvalue weighted by Gasteiger charge is 2.23. The van der Waals surface area contributed by atoms with Crippen LogP contribution >= 0.6 is 11.3 Å². The van der Waals surface area contributed by atoms with E-state index in [2.05, 4.69) is 6.07 Å². The number of methoxy groups -OCH3 is 1. The molecule has 1 heterocycles. The van der Waals surface area contributed by atoms with Gasteiger partial charge in [-0.1, -0.05) is 62.1 Å². The predicted molar refractivity (Wildman–Crippen MR) is 129 cm³/mol. The molecule has 1 aromatic heterocycles. The Morgan fingerprint density at radius 2 is 1.78 bits per heavy atom. The summed E-state index contributed by atoms with van der Waals surface area (Å²) in [7, 11) is 1.67. The zero-order valence-corrected chi connectivity index (χ0v) is 20.0. The van der Waals surface area contributed by atoms with Crippen LogP contribution in [0.2, 0.25) is 0 Å². The van der Waals surface area contributed by atoms with Crippen molar-refractivity contribution in [1.29, 1.82) is 0 Å². The Labute approximate surface area is 196 Å². The largest absolute Gasteiger partial charge is 0.385 e. The van der Waals surface area contributed by atoms with Crippen LogP contribution in [-0.4, -0.2) is 48.4 Å². The first-order chi connectivity index (χ1) is 15.7. The second-order valence-corrected chi connectivity index (χ2v) is 9.70. The molecule has 0 spiro atoms. The normalized spacial score (nSPS) is 13.9. The fourth-order valence-electron chi connectivity index (χ4n) is 4.37. The smallest absolute Gasteiger partial charge is 0.242 e. The van der Waals surface area contributed by atoms with Crippen molar-refractivity contribution >= 4 is 23.2 Å². The van der Waals surface area contributed by atoms with Gasteiger partial charge in [-0.3, -0.25) is 9.59 Å². The number of carbonyl (C=O) groups is 2. The number of benzene rings is 1. The van der Waals surface area contributed by atoms with Crippen LogP contribution in [0.3, 0.4) is 0 Å². The first kappa shape index (κ1) is 24.5. The van der Waals surface area contributed by atoms with Crippen LogP contribution in [0.15, 0.2) is 47.8 Å². The third kappa shape index (κ3) is 8.06.